The fourth-order valence-corrected chi connectivity index (χ4v) is 1.87. The minimum Gasteiger partial charge on any atom is -0.355 e. The molecule has 0 bridgehead atoms. The summed E-state index contributed by atoms with van der Waals surface area (Å²) in [6.45, 7) is 1.97. The van der Waals surface area contributed by atoms with Gasteiger partial charge in [-0.05, 0) is 13.0 Å². The van der Waals surface area contributed by atoms with Crippen LogP contribution in [-0.4, -0.2) is 18.7 Å². The smallest absolute Gasteiger partial charge is 0.251 e. The van der Waals surface area contributed by atoms with Crippen molar-refractivity contribution in [2.24, 2.45) is 0 Å². The summed E-state index contributed by atoms with van der Waals surface area (Å²) >= 11 is 0. The van der Waals surface area contributed by atoms with Crippen molar-refractivity contribution in [2.75, 3.05) is 7.05 Å². The first-order valence-corrected chi connectivity index (χ1v) is 6.06. The monoisotopic (exact) mass is 253 g/mol. The van der Waals surface area contributed by atoms with E-state index in [0.29, 0.717) is 16.7 Å². The summed E-state index contributed by atoms with van der Waals surface area (Å²) in [4.78, 5) is 24.2. The Morgan fingerprint density at radius 3 is 2.05 bits per heavy atom. The van der Waals surface area contributed by atoms with Crippen molar-refractivity contribution < 1.29 is 9.59 Å². The van der Waals surface area contributed by atoms with Crippen molar-refractivity contribution in [1.29, 1.82) is 0 Å². The lowest BCUT2D eigenvalue weighted by Gasteiger charge is -2.07. The number of amides is 1. The topological polar surface area (TPSA) is 46.2 Å². The largest absolute Gasteiger partial charge is 0.355 e. The van der Waals surface area contributed by atoms with Crippen molar-refractivity contribution in [2.45, 2.75) is 6.92 Å². The van der Waals surface area contributed by atoms with Crippen LogP contribution in [0.3, 0.4) is 0 Å². The average molecular weight is 253 g/mol. The van der Waals surface area contributed by atoms with Gasteiger partial charge in [0.2, 0.25) is 0 Å². The summed E-state index contributed by atoms with van der Waals surface area (Å²) in [6, 6.07) is 14.2. The van der Waals surface area contributed by atoms with Gasteiger partial charge in [-0.2, -0.15) is 0 Å². The molecule has 3 nitrogen and oxygen atoms in total. The molecule has 1 N–H and O–H groups in total. The van der Waals surface area contributed by atoms with Crippen LogP contribution in [0.4, 0.5) is 0 Å². The van der Waals surface area contributed by atoms with Gasteiger partial charge in [-0.1, -0.05) is 48.0 Å². The maximum atomic E-state index is 12.4. The van der Waals surface area contributed by atoms with Gasteiger partial charge in [0.15, 0.2) is 5.78 Å². The van der Waals surface area contributed by atoms with Crippen LogP contribution in [-0.2, 0) is 0 Å². The number of aryl methyl sites for hydroxylation is 1. The van der Waals surface area contributed by atoms with Crippen LogP contribution < -0.4 is 5.32 Å². The van der Waals surface area contributed by atoms with Crippen molar-refractivity contribution in [3.05, 3.63) is 70.8 Å². The molecule has 0 saturated carbocycles. The van der Waals surface area contributed by atoms with Gasteiger partial charge in [0, 0.05) is 18.2 Å². The first-order chi connectivity index (χ1) is 9.13. The second-order valence-corrected chi connectivity index (χ2v) is 4.32. The molecule has 2 aromatic rings. The first kappa shape index (κ1) is 13.0. The summed E-state index contributed by atoms with van der Waals surface area (Å²) in [5.41, 5.74) is 2.50. The van der Waals surface area contributed by atoms with E-state index in [1.54, 1.807) is 43.4 Å². The highest BCUT2D eigenvalue weighted by atomic mass is 16.2. The Labute approximate surface area is 112 Å². The number of benzene rings is 2. The molecule has 0 saturated heterocycles. The van der Waals surface area contributed by atoms with E-state index >= 15 is 0 Å². The Bertz CT molecular complexity index is 615. The molecule has 1 amide bonds. The molecule has 19 heavy (non-hydrogen) atoms. The number of hydrogen-bond donors (Lipinski definition) is 1. The molecule has 0 aliphatic rings. The molecule has 0 spiro atoms. The Balaban J connectivity index is 2.44. The Hall–Kier alpha value is -2.42. The molecule has 0 radical (unpaired) electrons. The number of nitrogens with one attached hydrogen (secondary N) is 1. The molecule has 2 rings (SSSR count). The predicted molar refractivity (Wildman–Crippen MR) is 74.4 cm³/mol. The van der Waals surface area contributed by atoms with Gasteiger partial charge in [0.05, 0.1) is 5.56 Å². The summed E-state index contributed by atoms with van der Waals surface area (Å²) in [5, 5.41) is 2.55. The highest BCUT2D eigenvalue weighted by Crippen LogP contribution is 2.15. The molecule has 3 heteroatoms. The third-order valence-electron chi connectivity index (χ3n) is 2.96. The fourth-order valence-electron chi connectivity index (χ4n) is 1.87. The third kappa shape index (κ3) is 2.71. The SMILES string of the molecule is CNC(=O)c1ccccc1C(=O)c1ccc(C)cc1. The molecule has 0 fully saturated rings. The van der Waals surface area contributed by atoms with Gasteiger partial charge in [-0.15, -0.1) is 0 Å². The van der Waals surface area contributed by atoms with E-state index in [1.807, 2.05) is 19.1 Å². The molecule has 2 aromatic carbocycles. The standard InChI is InChI=1S/C16H15NO2/c1-11-7-9-12(10-8-11)15(18)13-5-3-4-6-14(13)16(19)17-2/h3-10H,1-2H3,(H,17,19). The van der Waals surface area contributed by atoms with Crippen LogP contribution in [0.2, 0.25) is 0 Å². The minimum absolute atomic E-state index is 0.140. The van der Waals surface area contributed by atoms with Crippen LogP contribution in [0.25, 0.3) is 0 Å². The number of hydrogen-bond acceptors (Lipinski definition) is 2. The van der Waals surface area contributed by atoms with Crippen molar-refractivity contribution in [3.8, 4) is 0 Å². The number of carbonyl (C=O) groups is 2. The summed E-state index contributed by atoms with van der Waals surface area (Å²) in [7, 11) is 1.55. The van der Waals surface area contributed by atoms with Crippen LogP contribution in [0, 0.1) is 6.92 Å². The molecule has 0 aliphatic carbocycles. The van der Waals surface area contributed by atoms with Crippen molar-refractivity contribution in [1.82, 2.24) is 5.32 Å². The Kier molecular flexibility index (Phi) is 3.76. The molecule has 0 aliphatic heterocycles. The first-order valence-electron chi connectivity index (χ1n) is 6.06. The normalized spacial score (nSPS) is 10.0. The maximum Gasteiger partial charge on any atom is 0.251 e. The van der Waals surface area contributed by atoms with Gasteiger partial charge in [-0.25, -0.2) is 0 Å². The Morgan fingerprint density at radius 2 is 1.47 bits per heavy atom. The van der Waals surface area contributed by atoms with Gasteiger partial charge < -0.3 is 5.32 Å². The second kappa shape index (κ2) is 5.48. The summed E-state index contributed by atoms with van der Waals surface area (Å²) in [5.74, 6) is -0.393. The molecule has 96 valence electrons. The van der Waals surface area contributed by atoms with Crippen molar-refractivity contribution >= 4 is 11.7 Å². The maximum absolute atomic E-state index is 12.4. The van der Waals surface area contributed by atoms with Crippen LogP contribution in [0.1, 0.15) is 31.8 Å². The summed E-state index contributed by atoms with van der Waals surface area (Å²) in [6.07, 6.45) is 0. The molecule has 0 heterocycles. The van der Waals surface area contributed by atoms with Gasteiger partial charge in [0.25, 0.3) is 5.91 Å². The van der Waals surface area contributed by atoms with E-state index in [4.69, 9.17) is 0 Å². The third-order valence-corrected chi connectivity index (χ3v) is 2.96. The molecular weight excluding hydrogens is 238 g/mol. The highest BCUT2D eigenvalue weighted by molar-refractivity contribution is 6.15. The fraction of sp³-hybridized carbons (Fsp3) is 0.125. The minimum atomic E-state index is -0.254. The van der Waals surface area contributed by atoms with E-state index in [0.717, 1.165) is 5.56 Å². The van der Waals surface area contributed by atoms with E-state index in [9.17, 15) is 9.59 Å². The second-order valence-electron chi connectivity index (χ2n) is 4.32. The molecule has 0 aromatic heterocycles. The zero-order valence-corrected chi connectivity index (χ0v) is 10.9. The zero-order chi connectivity index (χ0) is 13.8. The van der Waals surface area contributed by atoms with E-state index in [2.05, 4.69) is 5.32 Å². The van der Waals surface area contributed by atoms with E-state index in [1.165, 1.54) is 0 Å². The highest BCUT2D eigenvalue weighted by Gasteiger charge is 2.16. The van der Waals surface area contributed by atoms with E-state index in [-0.39, 0.29) is 11.7 Å². The van der Waals surface area contributed by atoms with Gasteiger partial charge >= 0.3 is 0 Å². The van der Waals surface area contributed by atoms with Crippen LogP contribution in [0.5, 0.6) is 0 Å². The van der Waals surface area contributed by atoms with Crippen LogP contribution >= 0.6 is 0 Å². The number of carbonyl (C=O) groups excluding carboxylic acids is 2. The Morgan fingerprint density at radius 1 is 0.895 bits per heavy atom. The summed E-state index contributed by atoms with van der Waals surface area (Å²) < 4.78 is 0. The molecular formula is C16H15NO2. The quantitative estimate of drug-likeness (QED) is 0.855. The lowest BCUT2D eigenvalue weighted by Crippen LogP contribution is -2.21. The lowest BCUT2D eigenvalue weighted by molar-refractivity contribution is 0.0950. The lowest BCUT2D eigenvalue weighted by atomic mass is 9.97. The molecule has 0 atom stereocenters. The number of rotatable bonds is 3. The van der Waals surface area contributed by atoms with Gasteiger partial charge in [-0.3, -0.25) is 9.59 Å². The van der Waals surface area contributed by atoms with Gasteiger partial charge in [0.1, 0.15) is 0 Å². The zero-order valence-electron chi connectivity index (χ0n) is 10.9. The average Bonchev–Trinajstić information content (AvgIpc) is 2.46. The van der Waals surface area contributed by atoms with Crippen molar-refractivity contribution in [3.63, 3.8) is 0 Å². The molecule has 0 unspecified atom stereocenters. The predicted octanol–water partition coefficient (Wildman–Crippen LogP) is 2.59. The van der Waals surface area contributed by atoms with Crippen LogP contribution in [0.15, 0.2) is 48.5 Å². The number of ketones is 1. The van der Waals surface area contributed by atoms with E-state index < -0.39 is 0 Å².